The molecule has 0 amide bonds. The summed E-state index contributed by atoms with van der Waals surface area (Å²) in [5.74, 6) is 0.537. The van der Waals surface area contributed by atoms with Crippen LogP contribution >= 0.6 is 0 Å². The van der Waals surface area contributed by atoms with Gasteiger partial charge in [0.15, 0.2) is 5.75 Å². The number of H-pyrrole nitrogens is 1. The third-order valence-electron chi connectivity index (χ3n) is 6.34. The van der Waals surface area contributed by atoms with E-state index in [4.69, 9.17) is 14.3 Å². The van der Waals surface area contributed by atoms with Crippen LogP contribution in [-0.2, 0) is 9.73 Å². The van der Waals surface area contributed by atoms with Gasteiger partial charge in [-0.25, -0.2) is 14.0 Å². The summed E-state index contributed by atoms with van der Waals surface area (Å²) < 4.78 is 34.1. The first-order valence-corrected chi connectivity index (χ1v) is 12.8. The lowest BCUT2D eigenvalue weighted by molar-refractivity contribution is 0.160. The third-order valence-corrected chi connectivity index (χ3v) is 8.20. The average molecular weight is 477 g/mol. The molecule has 2 aromatic carbocycles. The smallest absolute Gasteiger partial charge is 0.258 e. The summed E-state index contributed by atoms with van der Waals surface area (Å²) in [6, 6.07) is 17.1. The first-order chi connectivity index (χ1) is 16.5. The molecule has 3 N–H and O–H groups in total. The van der Waals surface area contributed by atoms with E-state index in [0.717, 1.165) is 34.4 Å². The predicted octanol–water partition coefficient (Wildman–Crippen LogP) is 4.04. The summed E-state index contributed by atoms with van der Waals surface area (Å²) in [5, 5.41) is 11.2. The van der Waals surface area contributed by atoms with Gasteiger partial charge in [-0.2, -0.15) is 0 Å². The fourth-order valence-electron chi connectivity index (χ4n) is 4.65. The number of para-hydroxylation sites is 1. The molecule has 2 atom stereocenters. The summed E-state index contributed by atoms with van der Waals surface area (Å²) in [4.78, 5) is 10.4. The fourth-order valence-corrected chi connectivity index (χ4v) is 6.11. The third kappa shape index (κ3) is 3.48. The second kappa shape index (κ2) is 8.03. The molecule has 174 valence electrons. The standard InChI is InChI=1S/C25H24N4O4S/c26-34(31,23-7-9-27-25-24(23)32-11-12-33-25)18-5-6-22(29-10-8-17(30)15-29)19(14-18)21-13-16-3-1-2-4-20(16)28-21/h1-7,9,13-14,17,26,28,30H,8,10-12,15H2/t17-,34?/m0/s1. The Labute approximate surface area is 197 Å². The molecule has 1 unspecified atom stereocenters. The molecule has 8 nitrogen and oxygen atoms in total. The largest absolute Gasteiger partial charge is 0.483 e. The van der Waals surface area contributed by atoms with Gasteiger partial charge in [0.05, 0.1) is 11.0 Å². The average Bonchev–Trinajstić information content (AvgIpc) is 3.49. The fraction of sp³-hybridized carbons (Fsp3) is 0.240. The SMILES string of the molecule is N=S(=O)(c1ccc(N2CC[C@H](O)C2)c(-c2cc3ccccc3[nH]2)c1)c1ccnc2c1OCCO2. The number of nitrogens with zero attached hydrogens (tertiary/aromatic N) is 2. The Hall–Kier alpha value is -3.56. The number of pyridine rings is 1. The maximum Gasteiger partial charge on any atom is 0.258 e. The minimum absolute atomic E-state index is 0.254. The number of rotatable bonds is 4. The summed E-state index contributed by atoms with van der Waals surface area (Å²) >= 11 is 0. The van der Waals surface area contributed by atoms with Gasteiger partial charge in [0.25, 0.3) is 5.88 Å². The topological polar surface area (TPSA) is 112 Å². The zero-order chi connectivity index (χ0) is 23.3. The molecule has 2 aliphatic heterocycles. The molecule has 0 aliphatic carbocycles. The molecule has 2 aliphatic rings. The van der Waals surface area contributed by atoms with Crippen LogP contribution in [0.5, 0.6) is 11.6 Å². The van der Waals surface area contributed by atoms with Gasteiger partial charge >= 0.3 is 0 Å². The van der Waals surface area contributed by atoms with Gasteiger partial charge in [-0.05, 0) is 42.8 Å². The van der Waals surface area contributed by atoms with Crippen molar-refractivity contribution in [2.45, 2.75) is 22.3 Å². The summed E-state index contributed by atoms with van der Waals surface area (Å²) in [7, 11) is -3.42. The molecule has 4 aromatic rings. The predicted molar refractivity (Wildman–Crippen MR) is 129 cm³/mol. The van der Waals surface area contributed by atoms with E-state index in [-0.39, 0.29) is 22.6 Å². The van der Waals surface area contributed by atoms with E-state index in [1.54, 1.807) is 12.1 Å². The van der Waals surface area contributed by atoms with E-state index in [2.05, 4.69) is 20.9 Å². The summed E-state index contributed by atoms with van der Waals surface area (Å²) in [5.41, 5.74) is 3.63. The number of fused-ring (bicyclic) bond motifs is 2. The molecule has 0 bridgehead atoms. The van der Waals surface area contributed by atoms with Gasteiger partial charge in [0.2, 0.25) is 0 Å². The lowest BCUT2D eigenvalue weighted by atomic mass is 10.1. The van der Waals surface area contributed by atoms with Crippen molar-refractivity contribution in [3.05, 3.63) is 60.8 Å². The van der Waals surface area contributed by atoms with Gasteiger partial charge < -0.3 is 24.5 Å². The molecule has 0 spiro atoms. The van der Waals surface area contributed by atoms with E-state index in [0.29, 0.717) is 31.1 Å². The summed E-state index contributed by atoms with van der Waals surface area (Å²) in [6.45, 7) is 1.94. The highest BCUT2D eigenvalue weighted by Gasteiger charge is 2.28. The Morgan fingerprint density at radius 3 is 2.79 bits per heavy atom. The maximum atomic E-state index is 13.9. The van der Waals surface area contributed by atoms with Crippen LogP contribution in [0.4, 0.5) is 5.69 Å². The van der Waals surface area contributed by atoms with Crippen molar-refractivity contribution in [3.63, 3.8) is 0 Å². The van der Waals surface area contributed by atoms with Crippen molar-refractivity contribution in [2.24, 2.45) is 0 Å². The van der Waals surface area contributed by atoms with Gasteiger partial charge in [-0.15, -0.1) is 0 Å². The Morgan fingerprint density at radius 1 is 1.12 bits per heavy atom. The number of hydrogen-bond donors (Lipinski definition) is 3. The zero-order valence-electron chi connectivity index (χ0n) is 18.4. The van der Waals surface area contributed by atoms with Crippen LogP contribution in [0.2, 0.25) is 0 Å². The lowest BCUT2D eigenvalue weighted by Crippen LogP contribution is -2.22. The number of anilines is 1. The second-order valence-electron chi connectivity index (χ2n) is 8.53. The Morgan fingerprint density at radius 2 is 1.97 bits per heavy atom. The highest BCUT2D eigenvalue weighted by molar-refractivity contribution is 7.92. The van der Waals surface area contributed by atoms with Crippen molar-refractivity contribution in [1.82, 2.24) is 9.97 Å². The number of aromatic amines is 1. The molecule has 4 heterocycles. The minimum atomic E-state index is -3.42. The molecule has 0 radical (unpaired) electrons. The number of β-amino-alcohol motifs (C(OH)–C–C–N with tert-alkyl or cyclic N) is 1. The number of aliphatic hydroxyl groups is 1. The van der Waals surface area contributed by atoms with Gasteiger partial charge in [-0.1, -0.05) is 18.2 Å². The molecule has 1 fully saturated rings. The van der Waals surface area contributed by atoms with Crippen molar-refractivity contribution in [3.8, 4) is 22.9 Å². The van der Waals surface area contributed by atoms with Crippen molar-refractivity contribution >= 4 is 26.3 Å². The molecule has 2 aromatic heterocycles. The molecule has 0 saturated carbocycles. The zero-order valence-corrected chi connectivity index (χ0v) is 19.2. The van der Waals surface area contributed by atoms with E-state index >= 15 is 0 Å². The van der Waals surface area contributed by atoms with E-state index in [9.17, 15) is 9.32 Å². The molecule has 34 heavy (non-hydrogen) atoms. The number of ether oxygens (including phenoxy) is 2. The first kappa shape index (κ1) is 21.0. The minimum Gasteiger partial charge on any atom is -0.483 e. The Bertz CT molecular complexity index is 1470. The molecular weight excluding hydrogens is 452 g/mol. The van der Waals surface area contributed by atoms with Gasteiger partial charge in [-0.3, -0.25) is 0 Å². The van der Waals surface area contributed by atoms with Crippen LogP contribution in [0.15, 0.2) is 70.6 Å². The molecule has 9 heteroatoms. The summed E-state index contributed by atoms with van der Waals surface area (Å²) in [6.07, 6.45) is 1.82. The Balaban J connectivity index is 1.51. The number of hydrogen-bond acceptors (Lipinski definition) is 7. The maximum absolute atomic E-state index is 13.9. The van der Waals surface area contributed by atoms with E-state index < -0.39 is 9.73 Å². The number of nitrogens with one attached hydrogen (secondary N) is 2. The normalized spacial score (nSPS) is 19.3. The lowest BCUT2D eigenvalue weighted by Gasteiger charge is -2.23. The van der Waals surface area contributed by atoms with Crippen LogP contribution in [-0.4, -0.2) is 51.7 Å². The van der Waals surface area contributed by atoms with Crippen molar-refractivity contribution in [1.29, 1.82) is 4.78 Å². The van der Waals surface area contributed by atoms with Crippen LogP contribution in [0.25, 0.3) is 22.2 Å². The van der Waals surface area contributed by atoms with E-state index in [1.807, 2.05) is 36.4 Å². The highest BCUT2D eigenvalue weighted by Crippen LogP contribution is 2.41. The molecular formula is C25H24N4O4S. The Kier molecular flexibility index (Phi) is 4.96. The highest BCUT2D eigenvalue weighted by atomic mass is 32.2. The van der Waals surface area contributed by atoms with Crippen molar-refractivity contribution in [2.75, 3.05) is 31.2 Å². The van der Waals surface area contributed by atoms with Crippen LogP contribution in [0, 0.1) is 4.78 Å². The molecule has 6 rings (SSSR count). The van der Waals surface area contributed by atoms with E-state index in [1.165, 1.54) is 6.20 Å². The van der Waals surface area contributed by atoms with Gasteiger partial charge in [0, 0.05) is 47.1 Å². The number of aromatic nitrogens is 2. The second-order valence-corrected chi connectivity index (χ2v) is 10.6. The van der Waals surface area contributed by atoms with Crippen LogP contribution in [0.3, 0.4) is 0 Å². The van der Waals surface area contributed by atoms with Gasteiger partial charge in [0.1, 0.15) is 27.8 Å². The number of benzene rings is 2. The van der Waals surface area contributed by atoms with Crippen molar-refractivity contribution < 1.29 is 18.8 Å². The molecule has 1 saturated heterocycles. The quantitative estimate of drug-likeness (QED) is 0.410. The number of aliphatic hydroxyl groups excluding tert-OH is 1. The first-order valence-electron chi connectivity index (χ1n) is 11.2. The van der Waals surface area contributed by atoms with Crippen LogP contribution < -0.4 is 14.4 Å². The van der Waals surface area contributed by atoms with Crippen LogP contribution in [0.1, 0.15) is 6.42 Å². The monoisotopic (exact) mass is 476 g/mol.